The molecule has 9 atom stereocenters. The van der Waals surface area contributed by atoms with Gasteiger partial charge in [0.05, 0.1) is 23.3 Å². The van der Waals surface area contributed by atoms with Gasteiger partial charge in [0.25, 0.3) is 0 Å². The Balaban J connectivity index is 1.84. The Kier molecular flexibility index (Phi) is 10.5. The van der Waals surface area contributed by atoms with E-state index in [9.17, 15) is 19.9 Å². The van der Waals surface area contributed by atoms with E-state index in [1.807, 2.05) is 26.8 Å². The molecule has 1 saturated carbocycles. The summed E-state index contributed by atoms with van der Waals surface area (Å²) < 4.78 is 18.5. The Morgan fingerprint density at radius 3 is 2.49 bits per heavy atom. The van der Waals surface area contributed by atoms with Gasteiger partial charge in [-0.05, 0) is 69.5 Å². The van der Waals surface area contributed by atoms with E-state index in [2.05, 4.69) is 45.9 Å². The second-order valence-electron chi connectivity index (χ2n) is 14.7. The van der Waals surface area contributed by atoms with Gasteiger partial charge in [0.1, 0.15) is 17.8 Å². The van der Waals surface area contributed by atoms with Gasteiger partial charge >= 0.3 is 11.9 Å². The molecule has 0 spiro atoms. The number of aliphatic hydroxyl groups is 1. The monoisotopic (exact) mass is 613 g/mol. The molecule has 1 aliphatic heterocycles. The van der Waals surface area contributed by atoms with Gasteiger partial charge in [-0.2, -0.15) is 0 Å². The number of carbonyl (C=O) groups excluding carboxylic acids is 2. The van der Waals surface area contributed by atoms with Crippen molar-refractivity contribution >= 4 is 38.1 Å². The van der Waals surface area contributed by atoms with Gasteiger partial charge in [-0.25, -0.2) is 0 Å². The largest absolute Gasteiger partial charge is 0.462 e. The summed E-state index contributed by atoms with van der Waals surface area (Å²) in [5, 5.41) is 23.8. The molecule has 2 aliphatic carbocycles. The number of rotatable bonds is 9. The molecule has 0 bridgehead atoms. The number of alkyl halides is 1. The third-order valence-corrected chi connectivity index (χ3v) is 15.5. The van der Waals surface area contributed by atoms with E-state index in [1.54, 1.807) is 6.08 Å². The molecular weight excluding hydrogens is 562 g/mol. The molecule has 234 valence electrons. The van der Waals surface area contributed by atoms with E-state index in [1.165, 1.54) is 6.21 Å². The van der Waals surface area contributed by atoms with Crippen molar-refractivity contribution in [2.75, 3.05) is 0 Å². The van der Waals surface area contributed by atoms with Crippen LogP contribution in [-0.2, 0) is 23.5 Å². The zero-order chi connectivity index (χ0) is 31.0. The summed E-state index contributed by atoms with van der Waals surface area (Å²) >= 11 is 6.87. The molecule has 9 unspecified atom stereocenters. The number of ether oxygens (including phenoxy) is 2. The van der Waals surface area contributed by atoms with Gasteiger partial charge in [-0.3, -0.25) is 9.59 Å². The highest BCUT2D eigenvalue weighted by Crippen LogP contribution is 2.52. The average molecular weight is 614 g/mol. The molecule has 0 aromatic heterocycles. The number of esters is 2. The number of cyclic esters (lactones) is 1. The number of hydrogen-bond donors (Lipinski definition) is 2. The second-order valence-corrected chi connectivity index (χ2v) is 19.9. The molecule has 0 amide bonds. The van der Waals surface area contributed by atoms with Gasteiger partial charge in [0.2, 0.25) is 0 Å². The van der Waals surface area contributed by atoms with Crippen molar-refractivity contribution in [3.8, 4) is 0 Å². The first-order valence-corrected chi connectivity index (χ1v) is 18.5. The van der Waals surface area contributed by atoms with Crippen LogP contribution in [-0.4, -0.2) is 66.1 Å². The summed E-state index contributed by atoms with van der Waals surface area (Å²) in [6, 6.07) is 0. The highest BCUT2D eigenvalue weighted by molar-refractivity contribution is 6.74. The maximum Gasteiger partial charge on any atom is 0.311 e. The highest BCUT2D eigenvalue weighted by Gasteiger charge is 2.58. The minimum absolute atomic E-state index is 0.0363. The number of nitrogens with zero attached hydrogens (tertiary/aromatic N) is 1. The topological polar surface area (TPSA) is 115 Å². The fourth-order valence-electron chi connectivity index (χ4n) is 6.27. The van der Waals surface area contributed by atoms with E-state index in [0.29, 0.717) is 32.1 Å². The average Bonchev–Trinajstić information content (AvgIpc) is 2.86. The Morgan fingerprint density at radius 1 is 1.24 bits per heavy atom. The number of carbonyl (C=O) groups is 2. The normalized spacial score (nSPS) is 36.6. The third kappa shape index (κ3) is 7.39. The Bertz CT molecular complexity index is 1010. The summed E-state index contributed by atoms with van der Waals surface area (Å²) in [5.41, 5.74) is -2.15. The van der Waals surface area contributed by atoms with Crippen LogP contribution in [0.15, 0.2) is 17.3 Å². The number of allylic oxidation sites excluding steroid dienone is 1. The van der Waals surface area contributed by atoms with Crippen molar-refractivity contribution in [2.24, 2.45) is 34.2 Å². The van der Waals surface area contributed by atoms with Crippen LogP contribution in [0.4, 0.5) is 0 Å². The molecule has 0 radical (unpaired) electrons. The first kappa shape index (κ1) is 34.1. The Labute approximate surface area is 252 Å². The lowest BCUT2D eigenvalue weighted by Gasteiger charge is -2.54. The molecule has 3 aliphatic rings. The number of oxime groups is 1. The highest BCUT2D eigenvalue weighted by atomic mass is 35.5. The molecule has 1 heterocycles. The molecule has 0 aromatic rings. The van der Waals surface area contributed by atoms with Crippen LogP contribution in [0.3, 0.4) is 0 Å². The van der Waals surface area contributed by atoms with Crippen LogP contribution in [0.1, 0.15) is 87.0 Å². The van der Waals surface area contributed by atoms with Crippen molar-refractivity contribution < 1.29 is 33.8 Å². The third-order valence-electron chi connectivity index (χ3n) is 10.3. The van der Waals surface area contributed by atoms with Gasteiger partial charge < -0.3 is 24.2 Å². The van der Waals surface area contributed by atoms with Crippen molar-refractivity contribution in [1.29, 1.82) is 0 Å². The van der Waals surface area contributed by atoms with Crippen molar-refractivity contribution in [3.63, 3.8) is 0 Å². The minimum atomic E-state index is -2.06. The summed E-state index contributed by atoms with van der Waals surface area (Å²) in [6.07, 6.45) is 7.05. The lowest BCUT2D eigenvalue weighted by Crippen LogP contribution is -2.62. The smallest absolute Gasteiger partial charge is 0.311 e. The molecule has 8 nitrogen and oxygen atoms in total. The number of fused-ring (bicyclic) bond motifs is 1. The lowest BCUT2D eigenvalue weighted by atomic mass is 9.58. The van der Waals surface area contributed by atoms with E-state index in [0.717, 1.165) is 0 Å². The summed E-state index contributed by atoms with van der Waals surface area (Å²) in [4.78, 5) is 25.8. The van der Waals surface area contributed by atoms with Gasteiger partial charge in [0.15, 0.2) is 8.32 Å². The molecule has 0 aromatic carbocycles. The van der Waals surface area contributed by atoms with Crippen molar-refractivity contribution in [2.45, 2.75) is 134 Å². The molecular formula is C31H52ClNO7Si. The van der Waals surface area contributed by atoms with E-state index < -0.39 is 42.7 Å². The first-order valence-electron chi connectivity index (χ1n) is 15.2. The van der Waals surface area contributed by atoms with Gasteiger partial charge in [-0.1, -0.05) is 46.8 Å². The number of halogens is 1. The molecule has 41 heavy (non-hydrogen) atoms. The zero-order valence-electron chi connectivity index (χ0n) is 26.4. The van der Waals surface area contributed by atoms with Crippen LogP contribution in [0.5, 0.6) is 0 Å². The summed E-state index contributed by atoms with van der Waals surface area (Å²) in [5.74, 6) is -1.53. The lowest BCUT2D eigenvalue weighted by molar-refractivity contribution is -0.181. The van der Waals surface area contributed by atoms with Crippen molar-refractivity contribution in [3.05, 3.63) is 12.2 Å². The van der Waals surface area contributed by atoms with Crippen LogP contribution in [0.2, 0.25) is 18.1 Å². The van der Waals surface area contributed by atoms with Crippen LogP contribution >= 0.6 is 11.6 Å². The molecule has 1 saturated heterocycles. The summed E-state index contributed by atoms with van der Waals surface area (Å²) in [6.45, 7) is 18.7. The number of hydrogen-bond acceptors (Lipinski definition) is 8. The predicted molar refractivity (Wildman–Crippen MR) is 163 cm³/mol. The first-order chi connectivity index (χ1) is 18.9. The Morgan fingerprint density at radius 2 is 1.90 bits per heavy atom. The van der Waals surface area contributed by atoms with Crippen LogP contribution < -0.4 is 0 Å². The standard InChI is InChI=1S/C31H52ClNO7Si/c1-10-30(6,7)28(35)39-24-15-20(18-33-37)27(32)31(36)14-13-19(2)23(26(24)31)12-11-21-16-22(17-25(34)38-21)40-41(8,9)29(3,4)5/h13-14,18-24,26-27,36-37H,10-12,15-17H2,1-9H3. The fraction of sp³-hybridized carbons (Fsp3) is 0.839. The zero-order valence-corrected chi connectivity index (χ0v) is 28.1. The predicted octanol–water partition coefficient (Wildman–Crippen LogP) is 6.47. The van der Waals surface area contributed by atoms with E-state index >= 15 is 0 Å². The van der Waals surface area contributed by atoms with E-state index in [-0.39, 0.29) is 47.4 Å². The Hall–Kier alpha value is -1.42. The van der Waals surface area contributed by atoms with Gasteiger partial charge in [0, 0.05) is 24.5 Å². The van der Waals surface area contributed by atoms with E-state index in [4.69, 9.17) is 25.5 Å². The SMILES string of the molecule is CCC(C)(C)C(=O)OC1CC(C=NO)C(Cl)C2(O)C=CC(C)C(CCC3CC(O[Si](C)(C)C(C)(C)C)CC(=O)O3)C12. The van der Waals surface area contributed by atoms with Crippen LogP contribution in [0.25, 0.3) is 0 Å². The molecule has 2 N–H and O–H groups in total. The second kappa shape index (κ2) is 12.7. The molecule has 2 fully saturated rings. The maximum atomic E-state index is 13.2. The minimum Gasteiger partial charge on any atom is -0.462 e. The quantitative estimate of drug-likeness (QED) is 0.0583. The van der Waals surface area contributed by atoms with Crippen LogP contribution in [0, 0.1) is 29.1 Å². The van der Waals surface area contributed by atoms with Gasteiger partial charge in [-0.15, -0.1) is 16.8 Å². The fourth-order valence-corrected chi connectivity index (χ4v) is 8.02. The molecule has 10 heteroatoms. The maximum absolute atomic E-state index is 13.2. The molecule has 3 rings (SSSR count). The summed E-state index contributed by atoms with van der Waals surface area (Å²) in [7, 11) is -2.06. The van der Waals surface area contributed by atoms with Crippen molar-refractivity contribution in [1.82, 2.24) is 0 Å².